The van der Waals surface area contributed by atoms with Crippen LogP contribution in [-0.4, -0.2) is 45.2 Å². The minimum Gasteiger partial charge on any atom is -0.319 e. The predicted molar refractivity (Wildman–Crippen MR) is 78.6 cm³/mol. The predicted octanol–water partition coefficient (Wildman–Crippen LogP) is 1.83. The van der Waals surface area contributed by atoms with Crippen LogP contribution in [0.3, 0.4) is 0 Å². The van der Waals surface area contributed by atoms with Crippen molar-refractivity contribution in [1.82, 2.24) is 9.62 Å². The molecule has 1 saturated heterocycles. The zero-order valence-electron chi connectivity index (χ0n) is 12.1. The van der Waals surface area contributed by atoms with Crippen molar-refractivity contribution in [3.05, 3.63) is 0 Å². The Balaban J connectivity index is 1.90. The van der Waals surface area contributed by atoms with Gasteiger partial charge in [-0.25, -0.2) is 12.7 Å². The average Bonchev–Trinajstić information content (AvgIpc) is 2.40. The molecule has 5 heteroatoms. The third-order valence-corrected chi connectivity index (χ3v) is 6.55. The molecule has 19 heavy (non-hydrogen) atoms. The number of hydrogen-bond acceptors (Lipinski definition) is 3. The van der Waals surface area contributed by atoms with E-state index in [9.17, 15) is 8.42 Å². The van der Waals surface area contributed by atoms with Crippen LogP contribution < -0.4 is 5.32 Å². The highest BCUT2D eigenvalue weighted by atomic mass is 32.2. The monoisotopic (exact) mass is 288 g/mol. The normalized spacial score (nSPS) is 27.5. The van der Waals surface area contributed by atoms with Gasteiger partial charge in [0.15, 0.2) is 0 Å². The van der Waals surface area contributed by atoms with Crippen LogP contribution in [0.1, 0.15) is 44.9 Å². The number of sulfonamides is 1. The molecule has 0 radical (unpaired) electrons. The van der Waals surface area contributed by atoms with Crippen LogP contribution in [-0.2, 0) is 10.0 Å². The fraction of sp³-hybridized carbons (Fsp3) is 1.00. The third-order valence-electron chi connectivity index (χ3n) is 4.54. The van der Waals surface area contributed by atoms with Crippen LogP contribution in [0.5, 0.6) is 0 Å². The molecule has 0 bridgehead atoms. The number of rotatable bonds is 5. The van der Waals surface area contributed by atoms with Crippen LogP contribution in [0.4, 0.5) is 0 Å². The van der Waals surface area contributed by atoms with E-state index in [0.29, 0.717) is 17.6 Å². The Labute approximate surface area is 118 Å². The quantitative estimate of drug-likeness (QED) is 0.839. The molecule has 2 rings (SSSR count). The van der Waals surface area contributed by atoms with E-state index in [1.165, 1.54) is 19.3 Å². The van der Waals surface area contributed by atoms with Gasteiger partial charge in [0.1, 0.15) is 0 Å². The Morgan fingerprint density at radius 1 is 1.05 bits per heavy atom. The number of nitrogens with one attached hydrogen (secondary N) is 1. The maximum absolute atomic E-state index is 12.5. The number of nitrogens with zero attached hydrogens (tertiary/aromatic N) is 1. The van der Waals surface area contributed by atoms with Crippen molar-refractivity contribution >= 4 is 10.0 Å². The van der Waals surface area contributed by atoms with Crippen molar-refractivity contribution in [3.63, 3.8) is 0 Å². The molecule has 0 aromatic carbocycles. The Kier molecular flexibility index (Phi) is 5.66. The Hall–Kier alpha value is -0.130. The molecule has 1 atom stereocenters. The fourth-order valence-electron chi connectivity index (χ4n) is 3.49. The summed E-state index contributed by atoms with van der Waals surface area (Å²) in [5, 5.41) is 3.17. The van der Waals surface area contributed by atoms with Crippen molar-refractivity contribution in [3.8, 4) is 0 Å². The first-order valence-electron chi connectivity index (χ1n) is 7.74. The lowest BCUT2D eigenvalue weighted by Crippen LogP contribution is -2.44. The first-order chi connectivity index (χ1) is 9.12. The molecule has 0 spiro atoms. The second kappa shape index (κ2) is 7.04. The summed E-state index contributed by atoms with van der Waals surface area (Å²) in [7, 11) is -1.09. The summed E-state index contributed by atoms with van der Waals surface area (Å²) < 4.78 is 26.8. The molecule has 1 aliphatic carbocycles. The molecule has 1 unspecified atom stereocenters. The Bertz CT molecular complexity index is 362. The van der Waals surface area contributed by atoms with Crippen LogP contribution >= 0.6 is 0 Å². The van der Waals surface area contributed by atoms with Gasteiger partial charge < -0.3 is 5.32 Å². The van der Waals surface area contributed by atoms with Gasteiger partial charge in [-0.05, 0) is 51.1 Å². The van der Waals surface area contributed by atoms with Crippen molar-refractivity contribution in [2.45, 2.75) is 44.9 Å². The molecular weight excluding hydrogens is 260 g/mol. The van der Waals surface area contributed by atoms with Gasteiger partial charge >= 0.3 is 0 Å². The molecule has 0 amide bonds. The second-order valence-electron chi connectivity index (χ2n) is 6.21. The van der Waals surface area contributed by atoms with Gasteiger partial charge in [-0.3, -0.25) is 0 Å². The lowest BCUT2D eigenvalue weighted by molar-refractivity contribution is 0.260. The average molecular weight is 288 g/mol. The summed E-state index contributed by atoms with van der Waals surface area (Å²) in [4.78, 5) is 0. The lowest BCUT2D eigenvalue weighted by atomic mass is 9.91. The maximum atomic E-state index is 12.5. The molecular formula is C14H28N2O2S. The van der Waals surface area contributed by atoms with Gasteiger partial charge in [0.25, 0.3) is 0 Å². The zero-order chi connectivity index (χ0) is 13.7. The van der Waals surface area contributed by atoms with Crippen molar-refractivity contribution in [2.24, 2.45) is 11.8 Å². The summed E-state index contributed by atoms with van der Waals surface area (Å²) in [5.41, 5.74) is 0. The molecule has 0 aromatic rings. The minimum absolute atomic E-state index is 0.388. The maximum Gasteiger partial charge on any atom is 0.214 e. The SMILES string of the molecule is CNCC1CCCN(S(=O)(=O)CC2CCCCC2)C1. The van der Waals surface area contributed by atoms with Crippen LogP contribution in [0.2, 0.25) is 0 Å². The minimum atomic E-state index is -3.03. The van der Waals surface area contributed by atoms with Gasteiger partial charge in [0.05, 0.1) is 5.75 Å². The molecule has 0 aromatic heterocycles. The molecule has 2 fully saturated rings. The lowest BCUT2D eigenvalue weighted by Gasteiger charge is -2.33. The second-order valence-corrected chi connectivity index (χ2v) is 8.22. The van der Waals surface area contributed by atoms with E-state index in [4.69, 9.17) is 0 Å². The van der Waals surface area contributed by atoms with Crippen LogP contribution in [0.15, 0.2) is 0 Å². The molecule has 4 nitrogen and oxygen atoms in total. The van der Waals surface area contributed by atoms with E-state index >= 15 is 0 Å². The molecule has 1 heterocycles. The summed E-state index contributed by atoms with van der Waals surface area (Å²) in [6, 6.07) is 0. The first kappa shape index (κ1) is 15.3. The smallest absolute Gasteiger partial charge is 0.214 e. The molecule has 1 aliphatic heterocycles. The first-order valence-corrected chi connectivity index (χ1v) is 9.35. The Morgan fingerprint density at radius 3 is 2.42 bits per heavy atom. The summed E-state index contributed by atoms with van der Waals surface area (Å²) in [6.07, 6.45) is 8.07. The van der Waals surface area contributed by atoms with Crippen LogP contribution in [0.25, 0.3) is 0 Å². The fourth-order valence-corrected chi connectivity index (χ4v) is 5.48. The highest BCUT2D eigenvalue weighted by molar-refractivity contribution is 7.89. The standard InChI is InChI=1S/C14H28N2O2S/c1-15-10-14-8-5-9-16(11-14)19(17,18)12-13-6-3-2-4-7-13/h13-15H,2-12H2,1H3. The van der Waals surface area contributed by atoms with Gasteiger partial charge in [0, 0.05) is 13.1 Å². The molecule has 2 aliphatic rings. The highest BCUT2D eigenvalue weighted by Gasteiger charge is 2.31. The van der Waals surface area contributed by atoms with E-state index in [1.807, 2.05) is 7.05 Å². The summed E-state index contributed by atoms with van der Waals surface area (Å²) >= 11 is 0. The van der Waals surface area contributed by atoms with Crippen molar-refractivity contribution < 1.29 is 8.42 Å². The van der Waals surface area contributed by atoms with Crippen LogP contribution in [0, 0.1) is 11.8 Å². The highest BCUT2D eigenvalue weighted by Crippen LogP contribution is 2.27. The van der Waals surface area contributed by atoms with Gasteiger partial charge in [-0.15, -0.1) is 0 Å². The van der Waals surface area contributed by atoms with Gasteiger partial charge in [0.2, 0.25) is 10.0 Å². The largest absolute Gasteiger partial charge is 0.319 e. The van der Waals surface area contributed by atoms with E-state index in [1.54, 1.807) is 4.31 Å². The number of hydrogen-bond donors (Lipinski definition) is 1. The summed E-state index contributed by atoms with van der Waals surface area (Å²) in [5.74, 6) is 1.28. The zero-order valence-corrected chi connectivity index (χ0v) is 12.9. The van der Waals surface area contributed by atoms with E-state index < -0.39 is 10.0 Å². The van der Waals surface area contributed by atoms with Gasteiger partial charge in [-0.1, -0.05) is 19.3 Å². The van der Waals surface area contributed by atoms with Crippen molar-refractivity contribution in [1.29, 1.82) is 0 Å². The topological polar surface area (TPSA) is 49.4 Å². The van der Waals surface area contributed by atoms with Crippen molar-refractivity contribution in [2.75, 3.05) is 32.4 Å². The molecule has 1 saturated carbocycles. The Morgan fingerprint density at radius 2 is 1.74 bits per heavy atom. The third kappa shape index (κ3) is 4.43. The molecule has 112 valence electrons. The van der Waals surface area contributed by atoms with Gasteiger partial charge in [-0.2, -0.15) is 0 Å². The van der Waals surface area contributed by atoms with E-state index in [-0.39, 0.29) is 0 Å². The van der Waals surface area contributed by atoms with E-state index in [0.717, 1.165) is 45.3 Å². The summed E-state index contributed by atoms with van der Waals surface area (Å²) in [6.45, 7) is 2.38. The molecule has 1 N–H and O–H groups in total. The van der Waals surface area contributed by atoms with E-state index in [2.05, 4.69) is 5.32 Å². The number of piperidine rings is 1.